The Bertz CT molecular complexity index is 375. The molecule has 0 aliphatic carbocycles. The van der Waals surface area contributed by atoms with Crippen molar-refractivity contribution in [2.45, 2.75) is 13.8 Å². The number of benzene rings is 1. The van der Waals surface area contributed by atoms with Gasteiger partial charge in [-0.2, -0.15) is 0 Å². The van der Waals surface area contributed by atoms with Crippen LogP contribution in [0.4, 0.5) is 0 Å². The summed E-state index contributed by atoms with van der Waals surface area (Å²) >= 11 is 0. The SMILES string of the molecule is CC(C)([C]=O)C(=CC=O)c1ccccc1. The number of rotatable bonds is 4. The minimum atomic E-state index is -0.762. The molecule has 0 saturated heterocycles. The third-order valence-corrected chi connectivity index (χ3v) is 2.25. The van der Waals surface area contributed by atoms with Crippen molar-refractivity contribution >= 4 is 18.1 Å². The van der Waals surface area contributed by atoms with E-state index in [4.69, 9.17) is 0 Å². The first-order chi connectivity index (χ1) is 7.11. The molecule has 0 saturated carbocycles. The molecule has 77 valence electrons. The Morgan fingerprint density at radius 3 is 2.33 bits per heavy atom. The quantitative estimate of drug-likeness (QED) is 0.553. The monoisotopic (exact) mass is 201 g/mol. The first kappa shape index (κ1) is 11.4. The summed E-state index contributed by atoms with van der Waals surface area (Å²) < 4.78 is 0. The lowest BCUT2D eigenvalue weighted by Crippen LogP contribution is -2.15. The van der Waals surface area contributed by atoms with Crippen molar-refractivity contribution in [3.05, 3.63) is 42.0 Å². The lowest BCUT2D eigenvalue weighted by Gasteiger charge is -2.20. The molecule has 0 amide bonds. The van der Waals surface area contributed by atoms with Crippen molar-refractivity contribution in [1.29, 1.82) is 0 Å². The van der Waals surface area contributed by atoms with Gasteiger partial charge in [0.2, 0.25) is 6.29 Å². The zero-order valence-electron chi connectivity index (χ0n) is 8.86. The molecule has 0 aromatic heterocycles. The Hall–Kier alpha value is -1.70. The summed E-state index contributed by atoms with van der Waals surface area (Å²) in [6.07, 6.45) is 4.06. The highest BCUT2D eigenvalue weighted by Crippen LogP contribution is 2.31. The van der Waals surface area contributed by atoms with Crippen LogP contribution in [0, 0.1) is 5.41 Å². The van der Waals surface area contributed by atoms with Gasteiger partial charge in [-0.3, -0.25) is 9.59 Å². The van der Waals surface area contributed by atoms with Crippen LogP contribution < -0.4 is 0 Å². The van der Waals surface area contributed by atoms with Gasteiger partial charge >= 0.3 is 0 Å². The van der Waals surface area contributed by atoms with Gasteiger partial charge in [0.25, 0.3) is 0 Å². The fraction of sp³-hybridized carbons (Fsp3) is 0.231. The van der Waals surface area contributed by atoms with Crippen LogP contribution in [0.25, 0.3) is 5.57 Å². The molecule has 15 heavy (non-hydrogen) atoms. The molecule has 0 aliphatic heterocycles. The minimum absolute atomic E-state index is 0.688. The Labute approximate surface area is 89.6 Å². The van der Waals surface area contributed by atoms with Gasteiger partial charge in [-0.1, -0.05) is 30.3 Å². The second kappa shape index (κ2) is 4.69. The highest BCUT2D eigenvalue weighted by Gasteiger charge is 2.24. The van der Waals surface area contributed by atoms with Gasteiger partial charge < -0.3 is 0 Å². The molecule has 0 aliphatic rings. The Balaban J connectivity index is 3.22. The molecule has 1 aromatic rings. The molecule has 0 atom stereocenters. The topological polar surface area (TPSA) is 34.1 Å². The van der Waals surface area contributed by atoms with Gasteiger partial charge in [0.15, 0.2) is 0 Å². The Morgan fingerprint density at radius 2 is 1.87 bits per heavy atom. The fourth-order valence-electron chi connectivity index (χ4n) is 1.41. The Kier molecular flexibility index (Phi) is 3.56. The van der Waals surface area contributed by atoms with Crippen LogP contribution in [0.2, 0.25) is 0 Å². The molecule has 1 aromatic carbocycles. The predicted molar refractivity (Wildman–Crippen MR) is 60.0 cm³/mol. The van der Waals surface area contributed by atoms with E-state index in [0.717, 1.165) is 5.56 Å². The van der Waals surface area contributed by atoms with Crippen LogP contribution in [-0.2, 0) is 9.59 Å². The molecule has 0 spiro atoms. The standard InChI is InChI=1S/C13H13O2/c1-13(2,10-15)12(8-9-14)11-6-4-3-5-7-11/h3-9H,1-2H3. The van der Waals surface area contributed by atoms with E-state index < -0.39 is 5.41 Å². The third kappa shape index (κ3) is 2.62. The van der Waals surface area contributed by atoms with Crippen LogP contribution in [-0.4, -0.2) is 12.6 Å². The smallest absolute Gasteiger partial charge is 0.209 e. The number of aldehydes is 1. The maximum absolute atomic E-state index is 10.8. The second-order valence-electron chi connectivity index (χ2n) is 3.81. The van der Waals surface area contributed by atoms with Crippen molar-refractivity contribution < 1.29 is 9.59 Å². The van der Waals surface area contributed by atoms with E-state index in [0.29, 0.717) is 11.9 Å². The molecular formula is C13H13O2. The lowest BCUT2D eigenvalue weighted by molar-refractivity contribution is -0.104. The van der Waals surface area contributed by atoms with E-state index >= 15 is 0 Å². The maximum atomic E-state index is 10.8. The van der Waals surface area contributed by atoms with Crippen molar-refractivity contribution in [3.63, 3.8) is 0 Å². The van der Waals surface area contributed by atoms with Crippen molar-refractivity contribution in [2.24, 2.45) is 5.41 Å². The average molecular weight is 201 g/mol. The van der Waals surface area contributed by atoms with Gasteiger partial charge in [-0.15, -0.1) is 0 Å². The molecule has 0 unspecified atom stereocenters. The maximum Gasteiger partial charge on any atom is 0.209 e. The summed E-state index contributed by atoms with van der Waals surface area (Å²) in [5.41, 5.74) is 0.800. The number of carbonyl (C=O) groups is 1. The van der Waals surface area contributed by atoms with Gasteiger partial charge in [0.1, 0.15) is 6.29 Å². The molecular weight excluding hydrogens is 188 g/mol. The number of hydrogen-bond acceptors (Lipinski definition) is 2. The highest BCUT2D eigenvalue weighted by molar-refractivity contribution is 5.91. The van der Waals surface area contributed by atoms with Gasteiger partial charge in [-0.25, -0.2) is 0 Å². The van der Waals surface area contributed by atoms with Crippen LogP contribution in [0.5, 0.6) is 0 Å². The second-order valence-corrected chi connectivity index (χ2v) is 3.81. The van der Waals surface area contributed by atoms with E-state index in [2.05, 4.69) is 0 Å². The molecule has 0 N–H and O–H groups in total. The average Bonchev–Trinajstić information content (AvgIpc) is 2.27. The summed E-state index contributed by atoms with van der Waals surface area (Å²) in [5.74, 6) is 0. The summed E-state index contributed by atoms with van der Waals surface area (Å²) in [5, 5.41) is 0. The zero-order chi connectivity index (χ0) is 11.3. The molecule has 0 fully saturated rings. The third-order valence-electron chi connectivity index (χ3n) is 2.25. The van der Waals surface area contributed by atoms with Crippen molar-refractivity contribution in [2.75, 3.05) is 0 Å². The molecule has 2 nitrogen and oxygen atoms in total. The van der Waals surface area contributed by atoms with Gasteiger partial charge in [0.05, 0.1) is 5.41 Å². The summed E-state index contributed by atoms with van der Waals surface area (Å²) in [7, 11) is 0. The number of allylic oxidation sites excluding steroid dienone is 2. The number of hydrogen-bond donors (Lipinski definition) is 0. The number of carbonyl (C=O) groups excluding carboxylic acids is 2. The fourth-order valence-corrected chi connectivity index (χ4v) is 1.41. The summed E-state index contributed by atoms with van der Waals surface area (Å²) in [6.45, 7) is 3.48. The Morgan fingerprint density at radius 1 is 1.27 bits per heavy atom. The first-order valence-electron chi connectivity index (χ1n) is 4.72. The minimum Gasteiger partial charge on any atom is -0.299 e. The summed E-state index contributed by atoms with van der Waals surface area (Å²) in [6, 6.07) is 9.37. The van der Waals surface area contributed by atoms with Crippen LogP contribution in [0.1, 0.15) is 19.4 Å². The van der Waals surface area contributed by atoms with E-state index in [-0.39, 0.29) is 0 Å². The first-order valence-corrected chi connectivity index (χ1v) is 4.72. The van der Waals surface area contributed by atoms with Crippen LogP contribution in [0.15, 0.2) is 36.4 Å². The molecule has 1 rings (SSSR count). The summed E-state index contributed by atoms with van der Waals surface area (Å²) in [4.78, 5) is 21.4. The van der Waals surface area contributed by atoms with Crippen LogP contribution >= 0.6 is 0 Å². The normalized spacial score (nSPS) is 12.3. The predicted octanol–water partition coefficient (Wildman–Crippen LogP) is 2.40. The van der Waals surface area contributed by atoms with E-state index in [1.807, 2.05) is 36.6 Å². The van der Waals surface area contributed by atoms with Gasteiger partial charge in [0, 0.05) is 0 Å². The molecule has 0 bridgehead atoms. The molecule has 2 heteroatoms. The van der Waals surface area contributed by atoms with E-state index in [9.17, 15) is 9.59 Å². The van der Waals surface area contributed by atoms with Crippen LogP contribution in [0.3, 0.4) is 0 Å². The van der Waals surface area contributed by atoms with E-state index in [1.165, 1.54) is 6.08 Å². The van der Waals surface area contributed by atoms with Gasteiger partial charge in [-0.05, 0) is 31.1 Å². The lowest BCUT2D eigenvalue weighted by atomic mass is 9.81. The highest BCUT2D eigenvalue weighted by atomic mass is 16.1. The molecule has 0 heterocycles. The molecule has 1 radical (unpaired) electrons. The largest absolute Gasteiger partial charge is 0.299 e. The zero-order valence-corrected chi connectivity index (χ0v) is 8.86. The van der Waals surface area contributed by atoms with E-state index in [1.54, 1.807) is 13.8 Å². The van der Waals surface area contributed by atoms with Crippen molar-refractivity contribution in [3.8, 4) is 0 Å². The van der Waals surface area contributed by atoms with Crippen molar-refractivity contribution in [1.82, 2.24) is 0 Å².